The summed E-state index contributed by atoms with van der Waals surface area (Å²) in [6, 6.07) is 9.59. The molecule has 0 unspecified atom stereocenters. The van der Waals surface area contributed by atoms with E-state index in [1.807, 2.05) is 6.07 Å². The van der Waals surface area contributed by atoms with E-state index in [0.717, 1.165) is 11.6 Å². The Morgan fingerprint density at radius 3 is 2.62 bits per heavy atom. The highest BCUT2D eigenvalue weighted by atomic mass is 19.4. The number of nitrogens with zero attached hydrogens (tertiary/aromatic N) is 1. The molecule has 7 heteroatoms. The molecule has 3 N–H and O–H groups in total. The van der Waals surface area contributed by atoms with Crippen LogP contribution >= 0.6 is 0 Å². The normalized spacial score (nSPS) is 13.8. The molecule has 4 nitrogen and oxygen atoms in total. The van der Waals surface area contributed by atoms with Crippen molar-refractivity contribution in [1.82, 2.24) is 0 Å². The first-order chi connectivity index (χ1) is 12.3. The molecule has 0 fully saturated rings. The van der Waals surface area contributed by atoms with Crippen LogP contribution in [0.25, 0.3) is 0 Å². The zero-order chi connectivity index (χ0) is 18.9. The van der Waals surface area contributed by atoms with Crippen molar-refractivity contribution >= 4 is 17.8 Å². The topological polar surface area (TPSA) is 70.2 Å². The fraction of sp³-hybridized carbons (Fsp3) is 0.263. The minimum atomic E-state index is -4.54. The fourth-order valence-electron chi connectivity index (χ4n) is 3.17. The number of rotatable bonds is 5. The maximum atomic E-state index is 13.4. The lowest BCUT2D eigenvalue weighted by Crippen LogP contribution is -2.23. The summed E-state index contributed by atoms with van der Waals surface area (Å²) in [5.41, 5.74) is 6.51. The number of hydrogen-bond donors (Lipinski definition) is 2. The van der Waals surface area contributed by atoms with Crippen molar-refractivity contribution in [2.75, 3.05) is 4.90 Å². The monoisotopic (exact) mass is 361 g/mol. The van der Waals surface area contributed by atoms with E-state index in [0.29, 0.717) is 18.5 Å². The van der Waals surface area contributed by atoms with E-state index < -0.39 is 17.6 Å². The van der Waals surface area contributed by atoms with Gasteiger partial charge in [0.15, 0.2) is 0 Å². The standard InChI is InChI=1S/C19H18F3N3O/c20-19(21,22)17-9-13(10-24)8-15-16(17)11-25(18(15)26)14-5-1-3-12(7-14)4-2-6-23/h1,3,5-9,23H,2,4,10-11,24H2. The predicted octanol–water partition coefficient (Wildman–Crippen LogP) is 3.91. The van der Waals surface area contributed by atoms with Crippen molar-refractivity contribution in [3.8, 4) is 0 Å². The maximum Gasteiger partial charge on any atom is 0.416 e. The van der Waals surface area contributed by atoms with Gasteiger partial charge in [-0.2, -0.15) is 13.2 Å². The molecule has 0 bridgehead atoms. The van der Waals surface area contributed by atoms with Crippen molar-refractivity contribution in [2.45, 2.75) is 32.1 Å². The van der Waals surface area contributed by atoms with Gasteiger partial charge in [-0.25, -0.2) is 0 Å². The summed E-state index contributed by atoms with van der Waals surface area (Å²) in [7, 11) is 0. The highest BCUT2D eigenvalue weighted by molar-refractivity contribution is 6.10. The molecule has 3 rings (SSSR count). The highest BCUT2D eigenvalue weighted by Gasteiger charge is 2.40. The molecule has 2 aromatic rings. The Morgan fingerprint density at radius 2 is 1.96 bits per heavy atom. The van der Waals surface area contributed by atoms with Crippen molar-refractivity contribution in [1.29, 1.82) is 5.41 Å². The van der Waals surface area contributed by atoms with Crippen LogP contribution in [0.4, 0.5) is 18.9 Å². The molecular weight excluding hydrogens is 343 g/mol. The molecule has 2 aromatic carbocycles. The number of nitrogens with two attached hydrogens (primary N) is 1. The maximum absolute atomic E-state index is 13.4. The third-order valence-electron chi connectivity index (χ3n) is 4.44. The predicted molar refractivity (Wildman–Crippen MR) is 93.4 cm³/mol. The van der Waals surface area contributed by atoms with Crippen LogP contribution in [0.5, 0.6) is 0 Å². The van der Waals surface area contributed by atoms with Crippen LogP contribution < -0.4 is 10.6 Å². The zero-order valence-corrected chi connectivity index (χ0v) is 13.9. The van der Waals surface area contributed by atoms with Crippen LogP contribution in [0.15, 0.2) is 36.4 Å². The molecule has 0 aliphatic carbocycles. The van der Waals surface area contributed by atoms with E-state index in [4.69, 9.17) is 11.1 Å². The highest BCUT2D eigenvalue weighted by Crippen LogP contribution is 2.39. The molecule has 0 saturated heterocycles. The summed E-state index contributed by atoms with van der Waals surface area (Å²) in [5, 5.41) is 7.11. The van der Waals surface area contributed by atoms with Gasteiger partial charge in [-0.1, -0.05) is 12.1 Å². The number of fused-ring (bicyclic) bond motifs is 1. The van der Waals surface area contributed by atoms with Gasteiger partial charge in [0, 0.05) is 17.8 Å². The fourth-order valence-corrected chi connectivity index (χ4v) is 3.17. The largest absolute Gasteiger partial charge is 0.416 e. The smallest absolute Gasteiger partial charge is 0.326 e. The Kier molecular flexibility index (Phi) is 4.82. The molecule has 0 atom stereocenters. The number of alkyl halides is 3. The second-order valence-electron chi connectivity index (χ2n) is 6.18. The van der Waals surface area contributed by atoms with Gasteiger partial charge in [0.1, 0.15) is 0 Å². The Hall–Kier alpha value is -2.67. The van der Waals surface area contributed by atoms with E-state index in [-0.39, 0.29) is 29.8 Å². The molecule has 0 aromatic heterocycles. The lowest BCUT2D eigenvalue weighted by molar-refractivity contribution is -0.138. The van der Waals surface area contributed by atoms with Crippen LogP contribution in [-0.4, -0.2) is 12.1 Å². The number of amides is 1. The van der Waals surface area contributed by atoms with Crippen LogP contribution in [-0.2, 0) is 25.7 Å². The number of aryl methyl sites for hydroxylation is 1. The average Bonchev–Trinajstić information content (AvgIpc) is 2.95. The first-order valence-electron chi connectivity index (χ1n) is 8.18. The number of nitrogens with one attached hydrogen (secondary N) is 1. The Bertz CT molecular complexity index is 862. The minimum Gasteiger partial charge on any atom is -0.326 e. The molecule has 0 spiro atoms. The van der Waals surface area contributed by atoms with Crippen LogP contribution in [0.1, 0.15) is 39.0 Å². The second kappa shape index (κ2) is 6.92. The van der Waals surface area contributed by atoms with E-state index in [1.54, 1.807) is 18.2 Å². The van der Waals surface area contributed by atoms with E-state index in [1.165, 1.54) is 17.2 Å². The summed E-state index contributed by atoms with van der Waals surface area (Å²) in [5.74, 6) is -0.454. The molecule has 136 valence electrons. The molecule has 1 heterocycles. The molecule has 0 saturated carbocycles. The summed E-state index contributed by atoms with van der Waals surface area (Å²) in [6.07, 6.45) is -2.04. The number of halogens is 3. The first-order valence-corrected chi connectivity index (χ1v) is 8.18. The SMILES string of the molecule is N=CCCc1cccc(N2Cc3c(cc(CN)cc3C(F)(F)F)C2=O)c1. The van der Waals surface area contributed by atoms with Crippen molar-refractivity contribution in [3.05, 3.63) is 64.2 Å². The van der Waals surface area contributed by atoms with Crippen molar-refractivity contribution in [3.63, 3.8) is 0 Å². The van der Waals surface area contributed by atoms with Gasteiger partial charge in [-0.05, 0) is 60.0 Å². The molecule has 0 radical (unpaired) electrons. The van der Waals surface area contributed by atoms with Crippen molar-refractivity contribution < 1.29 is 18.0 Å². The molecular formula is C19H18F3N3O. The number of benzene rings is 2. The Balaban J connectivity index is 2.01. The number of hydrogen-bond acceptors (Lipinski definition) is 3. The van der Waals surface area contributed by atoms with Gasteiger partial charge in [0.25, 0.3) is 5.91 Å². The Morgan fingerprint density at radius 1 is 1.19 bits per heavy atom. The van der Waals surface area contributed by atoms with Crippen LogP contribution in [0.2, 0.25) is 0 Å². The summed E-state index contributed by atoms with van der Waals surface area (Å²) >= 11 is 0. The third kappa shape index (κ3) is 3.35. The summed E-state index contributed by atoms with van der Waals surface area (Å²) in [4.78, 5) is 14.1. The molecule has 26 heavy (non-hydrogen) atoms. The average molecular weight is 361 g/mol. The second-order valence-corrected chi connectivity index (χ2v) is 6.18. The van der Waals surface area contributed by atoms with E-state index >= 15 is 0 Å². The first kappa shape index (κ1) is 18.1. The third-order valence-corrected chi connectivity index (χ3v) is 4.44. The van der Waals surface area contributed by atoms with Gasteiger partial charge in [-0.15, -0.1) is 0 Å². The van der Waals surface area contributed by atoms with Crippen LogP contribution in [0, 0.1) is 5.41 Å². The molecule has 1 amide bonds. The van der Waals surface area contributed by atoms with Gasteiger partial charge in [-0.3, -0.25) is 4.79 Å². The van der Waals surface area contributed by atoms with Crippen molar-refractivity contribution in [2.24, 2.45) is 5.73 Å². The quantitative estimate of drug-likeness (QED) is 0.793. The summed E-state index contributed by atoms with van der Waals surface area (Å²) < 4.78 is 40.3. The summed E-state index contributed by atoms with van der Waals surface area (Å²) in [6.45, 7) is -0.190. The van der Waals surface area contributed by atoms with Gasteiger partial charge in [0.05, 0.1) is 12.1 Å². The number of carbonyl (C=O) groups excluding carboxylic acids is 1. The lowest BCUT2D eigenvalue weighted by Gasteiger charge is -2.17. The molecule has 1 aliphatic rings. The Labute approximate surface area is 148 Å². The van der Waals surface area contributed by atoms with Gasteiger partial charge >= 0.3 is 6.18 Å². The van der Waals surface area contributed by atoms with E-state index in [9.17, 15) is 18.0 Å². The van der Waals surface area contributed by atoms with E-state index in [2.05, 4.69) is 0 Å². The number of carbonyl (C=O) groups is 1. The van der Waals surface area contributed by atoms with Gasteiger partial charge in [0.2, 0.25) is 0 Å². The van der Waals surface area contributed by atoms with Crippen LogP contribution in [0.3, 0.4) is 0 Å². The minimum absolute atomic E-state index is 0.00963. The number of anilines is 1. The van der Waals surface area contributed by atoms with Gasteiger partial charge < -0.3 is 16.0 Å². The molecule has 1 aliphatic heterocycles. The lowest BCUT2D eigenvalue weighted by atomic mass is 9.99. The zero-order valence-electron chi connectivity index (χ0n) is 13.9.